The molecular formula is C30H41N3O4. The van der Waals surface area contributed by atoms with Gasteiger partial charge in [0.15, 0.2) is 5.78 Å². The minimum atomic E-state index is -0.100. The molecule has 2 saturated heterocycles. The Kier molecular flexibility index (Phi) is 7.91. The average molecular weight is 508 g/mol. The molecule has 0 saturated carbocycles. The van der Waals surface area contributed by atoms with Crippen LogP contribution < -0.4 is 30.6 Å². The lowest BCUT2D eigenvalue weighted by molar-refractivity contribution is 0.103. The van der Waals surface area contributed by atoms with E-state index in [4.69, 9.17) is 19.9 Å². The Morgan fingerprint density at radius 2 is 1.51 bits per heavy atom. The fraction of sp³-hybridized carbons (Fsp3) is 0.567. The topological polar surface area (TPSA) is 94.8 Å². The van der Waals surface area contributed by atoms with E-state index in [1.165, 1.54) is 0 Å². The summed E-state index contributed by atoms with van der Waals surface area (Å²) in [4.78, 5) is 13.7. The Hall–Kier alpha value is -2.77. The predicted molar refractivity (Wildman–Crippen MR) is 147 cm³/mol. The number of piperidine rings is 2. The maximum atomic E-state index is 13.7. The third-order valence-corrected chi connectivity index (χ3v) is 8.34. The molecule has 2 aromatic carbocycles. The third-order valence-electron chi connectivity index (χ3n) is 8.34. The Balaban J connectivity index is 1.51. The van der Waals surface area contributed by atoms with Gasteiger partial charge in [-0.05, 0) is 57.7 Å². The number of ether oxygens (including phenoxy) is 3. The van der Waals surface area contributed by atoms with Gasteiger partial charge in [0.25, 0.3) is 0 Å². The van der Waals surface area contributed by atoms with Crippen LogP contribution in [0.5, 0.6) is 17.2 Å². The van der Waals surface area contributed by atoms with Crippen LogP contribution in [-0.4, -0.2) is 51.3 Å². The lowest BCUT2D eigenvalue weighted by Crippen LogP contribution is -2.39. The maximum absolute atomic E-state index is 13.7. The number of carbonyl (C=O) groups excluding carboxylic acids is 1. The number of hydrogen-bond donors (Lipinski definition) is 3. The van der Waals surface area contributed by atoms with Crippen LogP contribution in [0.25, 0.3) is 11.1 Å². The average Bonchev–Trinajstić information content (AvgIpc) is 3.26. The van der Waals surface area contributed by atoms with Crippen molar-refractivity contribution in [2.75, 3.05) is 39.0 Å². The normalized spacial score (nSPS) is 22.6. The van der Waals surface area contributed by atoms with E-state index in [0.717, 1.165) is 70.3 Å². The zero-order valence-corrected chi connectivity index (χ0v) is 22.4. The molecule has 4 atom stereocenters. The van der Waals surface area contributed by atoms with Gasteiger partial charge < -0.3 is 30.6 Å². The first-order valence-electron chi connectivity index (χ1n) is 14.0. The van der Waals surface area contributed by atoms with Gasteiger partial charge in [0, 0.05) is 47.7 Å². The number of ketones is 1. The van der Waals surface area contributed by atoms with Crippen molar-refractivity contribution < 1.29 is 19.0 Å². The van der Waals surface area contributed by atoms with Gasteiger partial charge in [-0.15, -0.1) is 0 Å². The molecule has 200 valence electrons. The number of nitrogens with two attached hydrogens (primary N) is 1. The molecule has 2 fully saturated rings. The Labute approximate surface area is 220 Å². The Morgan fingerprint density at radius 3 is 2.05 bits per heavy atom. The molecule has 0 aromatic heterocycles. The van der Waals surface area contributed by atoms with Crippen LogP contribution in [0.4, 0.5) is 5.69 Å². The van der Waals surface area contributed by atoms with Crippen LogP contribution in [0.1, 0.15) is 68.3 Å². The van der Waals surface area contributed by atoms with Crippen molar-refractivity contribution >= 4 is 11.5 Å². The van der Waals surface area contributed by atoms with Crippen molar-refractivity contribution in [3.05, 3.63) is 35.4 Å². The number of rotatable bonds is 9. The van der Waals surface area contributed by atoms with Crippen molar-refractivity contribution in [3.8, 4) is 28.4 Å². The molecule has 2 aromatic rings. The molecule has 0 bridgehead atoms. The van der Waals surface area contributed by atoms with Gasteiger partial charge in [0.2, 0.25) is 0 Å². The minimum Gasteiger partial charge on any atom is -0.496 e. The standard InChI is InChI=1S/C30H41N3O4/c1-4-21(18-9-7-13-32-16-18)36-23-12-6-11-20-26(23)27-24(35-3)15-25(29(31)28(27)30(20)34)37-22(5-2)19-10-8-14-33-17-19/h6,11-12,15,18-19,21-22,32-33H,4-5,7-10,13-14,16-17,31H2,1-3H3. The van der Waals surface area contributed by atoms with Crippen LogP contribution in [0.3, 0.4) is 0 Å². The second-order valence-electron chi connectivity index (χ2n) is 10.6. The third kappa shape index (κ3) is 4.91. The molecule has 7 heteroatoms. The Morgan fingerprint density at radius 1 is 0.892 bits per heavy atom. The van der Waals surface area contributed by atoms with Gasteiger partial charge in [0.1, 0.15) is 29.5 Å². The monoisotopic (exact) mass is 507 g/mol. The number of carbonyl (C=O) groups is 1. The van der Waals surface area contributed by atoms with Crippen LogP contribution in [0.15, 0.2) is 24.3 Å². The van der Waals surface area contributed by atoms with E-state index in [0.29, 0.717) is 51.5 Å². The number of methoxy groups -OCH3 is 1. The second kappa shape index (κ2) is 11.3. The van der Waals surface area contributed by atoms with Crippen molar-refractivity contribution in [2.45, 2.75) is 64.6 Å². The smallest absolute Gasteiger partial charge is 0.196 e. The summed E-state index contributed by atoms with van der Waals surface area (Å²) in [5.41, 5.74) is 9.64. The SMILES string of the molecule is CCC(Oc1cc(OC)c2c(c1N)C(=O)c1cccc(OC(CC)C3CCCNC3)c1-2)C1CCCNC1. The summed E-state index contributed by atoms with van der Waals surface area (Å²) < 4.78 is 19.0. The summed E-state index contributed by atoms with van der Waals surface area (Å²) in [6.45, 7) is 8.30. The first-order chi connectivity index (χ1) is 18.1. The van der Waals surface area contributed by atoms with Gasteiger partial charge in [-0.25, -0.2) is 0 Å². The zero-order valence-electron chi connectivity index (χ0n) is 22.4. The van der Waals surface area contributed by atoms with E-state index >= 15 is 0 Å². The van der Waals surface area contributed by atoms with E-state index < -0.39 is 0 Å². The van der Waals surface area contributed by atoms with E-state index in [-0.39, 0.29) is 18.0 Å². The number of nitrogen functional groups attached to an aromatic ring is 1. The molecule has 0 spiro atoms. The van der Waals surface area contributed by atoms with Crippen LogP contribution in [0.2, 0.25) is 0 Å². The van der Waals surface area contributed by atoms with Crippen molar-refractivity contribution in [2.24, 2.45) is 11.8 Å². The molecule has 4 unspecified atom stereocenters. The minimum absolute atomic E-state index is 0.0186. The molecule has 3 aliphatic rings. The number of nitrogens with one attached hydrogen (secondary N) is 2. The molecular weight excluding hydrogens is 466 g/mol. The van der Waals surface area contributed by atoms with Gasteiger partial charge in [0.05, 0.1) is 18.4 Å². The predicted octanol–water partition coefficient (Wildman–Crippen LogP) is 4.80. The molecule has 7 nitrogen and oxygen atoms in total. The summed E-state index contributed by atoms with van der Waals surface area (Å²) in [5, 5.41) is 6.97. The first-order valence-corrected chi connectivity index (χ1v) is 14.0. The highest BCUT2D eigenvalue weighted by atomic mass is 16.5. The van der Waals surface area contributed by atoms with Crippen molar-refractivity contribution in [3.63, 3.8) is 0 Å². The summed E-state index contributed by atoms with van der Waals surface area (Å²) >= 11 is 0. The summed E-state index contributed by atoms with van der Waals surface area (Å²) in [6, 6.07) is 7.57. The molecule has 5 rings (SSSR count). The molecule has 4 N–H and O–H groups in total. The van der Waals surface area contributed by atoms with Gasteiger partial charge in [-0.1, -0.05) is 26.0 Å². The van der Waals surface area contributed by atoms with Gasteiger partial charge >= 0.3 is 0 Å². The molecule has 37 heavy (non-hydrogen) atoms. The number of anilines is 1. The zero-order chi connectivity index (χ0) is 25.9. The number of benzene rings is 2. The van der Waals surface area contributed by atoms with Crippen molar-refractivity contribution in [1.29, 1.82) is 0 Å². The van der Waals surface area contributed by atoms with Gasteiger partial charge in [-0.2, -0.15) is 0 Å². The highest BCUT2D eigenvalue weighted by molar-refractivity contribution is 6.26. The van der Waals surface area contributed by atoms with Crippen LogP contribution in [0, 0.1) is 11.8 Å². The molecule has 0 amide bonds. The van der Waals surface area contributed by atoms with Crippen LogP contribution >= 0.6 is 0 Å². The molecule has 1 aliphatic carbocycles. The maximum Gasteiger partial charge on any atom is 0.196 e. The summed E-state index contributed by atoms with van der Waals surface area (Å²) in [5.74, 6) is 2.58. The second-order valence-corrected chi connectivity index (χ2v) is 10.6. The number of hydrogen-bond acceptors (Lipinski definition) is 7. The van der Waals surface area contributed by atoms with E-state index in [9.17, 15) is 4.79 Å². The molecule has 0 radical (unpaired) electrons. The Bertz CT molecular complexity index is 1120. The van der Waals surface area contributed by atoms with Gasteiger partial charge in [-0.3, -0.25) is 4.79 Å². The summed E-state index contributed by atoms with van der Waals surface area (Å²) in [6.07, 6.45) is 6.41. The quantitative estimate of drug-likeness (QED) is 0.358. The largest absolute Gasteiger partial charge is 0.496 e. The van der Waals surface area contributed by atoms with E-state index in [2.05, 4.69) is 24.5 Å². The fourth-order valence-corrected chi connectivity index (χ4v) is 6.35. The number of fused-ring (bicyclic) bond motifs is 3. The van der Waals surface area contributed by atoms with Crippen LogP contribution in [-0.2, 0) is 0 Å². The molecule has 2 aliphatic heterocycles. The van der Waals surface area contributed by atoms with E-state index in [1.807, 2.05) is 24.3 Å². The lowest BCUT2D eigenvalue weighted by Gasteiger charge is -2.31. The highest BCUT2D eigenvalue weighted by Crippen LogP contribution is 2.52. The van der Waals surface area contributed by atoms with E-state index in [1.54, 1.807) is 7.11 Å². The first kappa shape index (κ1) is 25.9. The lowest BCUT2D eigenvalue weighted by atomic mass is 9.92. The highest BCUT2D eigenvalue weighted by Gasteiger charge is 2.37. The summed E-state index contributed by atoms with van der Waals surface area (Å²) in [7, 11) is 1.63. The fourth-order valence-electron chi connectivity index (χ4n) is 6.35. The van der Waals surface area contributed by atoms with Crippen molar-refractivity contribution in [1.82, 2.24) is 10.6 Å². The molecule has 2 heterocycles.